The number of pyridine rings is 1. The minimum Gasteiger partial charge on any atom is -0.353 e. The van der Waals surface area contributed by atoms with Gasteiger partial charge in [0.05, 0.1) is 17.3 Å². The van der Waals surface area contributed by atoms with Crippen molar-refractivity contribution in [3.8, 4) is 0 Å². The van der Waals surface area contributed by atoms with Crippen LogP contribution in [0.3, 0.4) is 0 Å². The molecule has 0 bridgehead atoms. The number of aryl methyl sites for hydroxylation is 1. The monoisotopic (exact) mass is 267 g/mol. The predicted octanol–water partition coefficient (Wildman–Crippen LogP) is 3.22. The lowest BCUT2D eigenvalue weighted by Gasteiger charge is -2.12. The van der Waals surface area contributed by atoms with Crippen molar-refractivity contribution in [1.82, 2.24) is 15.3 Å². The lowest BCUT2D eigenvalue weighted by atomic mass is 10.1. The summed E-state index contributed by atoms with van der Waals surface area (Å²) in [6.45, 7) is 5.55. The molecule has 0 aliphatic heterocycles. The number of H-pyrrole nitrogens is 1. The Labute approximate surface area is 117 Å². The SMILES string of the molecule is CC(=O)NC(C)c1nccc2c1[nH]c1c(C)cccc12. The number of hydrogen-bond donors (Lipinski definition) is 2. The van der Waals surface area contributed by atoms with Crippen molar-refractivity contribution < 1.29 is 4.79 Å². The van der Waals surface area contributed by atoms with Crippen LogP contribution >= 0.6 is 0 Å². The topological polar surface area (TPSA) is 57.8 Å². The Kier molecular flexibility index (Phi) is 2.93. The average molecular weight is 267 g/mol. The summed E-state index contributed by atoms with van der Waals surface area (Å²) < 4.78 is 0. The number of hydrogen-bond acceptors (Lipinski definition) is 2. The van der Waals surface area contributed by atoms with Crippen molar-refractivity contribution in [3.05, 3.63) is 41.7 Å². The number of aromatic amines is 1. The van der Waals surface area contributed by atoms with E-state index in [1.165, 1.54) is 17.9 Å². The van der Waals surface area contributed by atoms with Gasteiger partial charge in [0.15, 0.2) is 0 Å². The first-order chi connectivity index (χ1) is 9.58. The molecular formula is C16H17N3O. The third-order valence-electron chi connectivity index (χ3n) is 3.62. The first-order valence-electron chi connectivity index (χ1n) is 6.71. The number of aromatic nitrogens is 2. The summed E-state index contributed by atoms with van der Waals surface area (Å²) in [5, 5.41) is 5.23. The molecule has 0 saturated carbocycles. The van der Waals surface area contributed by atoms with Crippen LogP contribution in [0.4, 0.5) is 0 Å². The molecule has 0 fully saturated rings. The molecule has 2 aromatic heterocycles. The lowest BCUT2D eigenvalue weighted by Crippen LogP contribution is -2.24. The number of carbonyl (C=O) groups is 1. The van der Waals surface area contributed by atoms with Crippen LogP contribution < -0.4 is 5.32 Å². The summed E-state index contributed by atoms with van der Waals surface area (Å²) >= 11 is 0. The molecule has 4 nitrogen and oxygen atoms in total. The van der Waals surface area contributed by atoms with Crippen LogP contribution in [0, 0.1) is 6.92 Å². The van der Waals surface area contributed by atoms with Gasteiger partial charge in [-0.05, 0) is 25.5 Å². The summed E-state index contributed by atoms with van der Waals surface area (Å²) in [5.74, 6) is -0.0522. The Balaban J connectivity index is 2.27. The van der Waals surface area contributed by atoms with Crippen LogP contribution in [0.5, 0.6) is 0 Å². The molecule has 2 N–H and O–H groups in total. The zero-order chi connectivity index (χ0) is 14.3. The van der Waals surface area contributed by atoms with Crippen molar-refractivity contribution in [2.24, 2.45) is 0 Å². The normalized spacial score (nSPS) is 12.8. The Morgan fingerprint density at radius 1 is 1.25 bits per heavy atom. The van der Waals surface area contributed by atoms with Crippen LogP contribution in [0.1, 0.15) is 31.1 Å². The first-order valence-corrected chi connectivity index (χ1v) is 6.71. The van der Waals surface area contributed by atoms with Gasteiger partial charge in [-0.2, -0.15) is 0 Å². The highest BCUT2D eigenvalue weighted by atomic mass is 16.1. The highest BCUT2D eigenvalue weighted by Gasteiger charge is 2.15. The maximum absolute atomic E-state index is 11.2. The Bertz CT molecular complexity index is 804. The van der Waals surface area contributed by atoms with Crippen LogP contribution in [0.25, 0.3) is 21.8 Å². The van der Waals surface area contributed by atoms with Gasteiger partial charge in [-0.1, -0.05) is 18.2 Å². The van der Waals surface area contributed by atoms with Gasteiger partial charge in [-0.15, -0.1) is 0 Å². The number of carbonyl (C=O) groups excluding carboxylic acids is 1. The number of nitrogens with one attached hydrogen (secondary N) is 2. The van der Waals surface area contributed by atoms with Crippen molar-refractivity contribution >= 4 is 27.7 Å². The molecule has 3 rings (SSSR count). The second-order valence-electron chi connectivity index (χ2n) is 5.16. The molecule has 0 spiro atoms. The highest BCUT2D eigenvalue weighted by Crippen LogP contribution is 2.30. The van der Waals surface area contributed by atoms with E-state index >= 15 is 0 Å². The number of amides is 1. The van der Waals surface area contributed by atoms with E-state index in [9.17, 15) is 4.79 Å². The van der Waals surface area contributed by atoms with Crippen LogP contribution in [0.15, 0.2) is 30.5 Å². The van der Waals surface area contributed by atoms with E-state index in [-0.39, 0.29) is 11.9 Å². The molecule has 0 radical (unpaired) electrons. The van der Waals surface area contributed by atoms with Gasteiger partial charge in [0, 0.05) is 29.4 Å². The second kappa shape index (κ2) is 4.63. The fraction of sp³-hybridized carbons (Fsp3) is 0.250. The average Bonchev–Trinajstić information content (AvgIpc) is 2.78. The Morgan fingerprint density at radius 2 is 2.00 bits per heavy atom. The minimum absolute atomic E-state index is 0.0522. The second-order valence-corrected chi connectivity index (χ2v) is 5.16. The maximum Gasteiger partial charge on any atom is 0.217 e. The van der Waals surface area contributed by atoms with Crippen LogP contribution in [-0.2, 0) is 4.79 Å². The summed E-state index contributed by atoms with van der Waals surface area (Å²) in [4.78, 5) is 19.1. The molecule has 1 atom stereocenters. The van der Waals surface area contributed by atoms with E-state index in [0.29, 0.717) is 0 Å². The number of nitrogens with zero attached hydrogens (tertiary/aromatic N) is 1. The molecule has 4 heteroatoms. The van der Waals surface area contributed by atoms with Gasteiger partial charge < -0.3 is 10.3 Å². The maximum atomic E-state index is 11.2. The van der Waals surface area contributed by atoms with E-state index in [4.69, 9.17) is 0 Å². The van der Waals surface area contributed by atoms with Crippen molar-refractivity contribution in [3.63, 3.8) is 0 Å². The van der Waals surface area contributed by atoms with Gasteiger partial charge in [-0.3, -0.25) is 9.78 Å². The summed E-state index contributed by atoms with van der Waals surface area (Å²) in [6.07, 6.45) is 1.80. The molecule has 1 unspecified atom stereocenters. The Morgan fingerprint density at radius 3 is 2.75 bits per heavy atom. The number of fused-ring (bicyclic) bond motifs is 3. The predicted molar refractivity (Wildman–Crippen MR) is 80.6 cm³/mol. The molecule has 0 aliphatic carbocycles. The number of benzene rings is 1. The molecule has 0 saturated heterocycles. The quantitative estimate of drug-likeness (QED) is 0.749. The fourth-order valence-corrected chi connectivity index (χ4v) is 2.72. The van der Waals surface area contributed by atoms with Gasteiger partial charge in [0.25, 0.3) is 0 Å². The smallest absolute Gasteiger partial charge is 0.217 e. The van der Waals surface area contributed by atoms with Gasteiger partial charge in [-0.25, -0.2) is 0 Å². The molecule has 1 amide bonds. The third kappa shape index (κ3) is 1.93. The number of para-hydroxylation sites is 1. The van der Waals surface area contributed by atoms with E-state index in [1.54, 1.807) is 6.20 Å². The van der Waals surface area contributed by atoms with Crippen LogP contribution in [0.2, 0.25) is 0 Å². The Hall–Kier alpha value is -2.36. The van der Waals surface area contributed by atoms with Gasteiger partial charge in [0.2, 0.25) is 5.91 Å². The third-order valence-corrected chi connectivity index (χ3v) is 3.62. The zero-order valence-electron chi connectivity index (χ0n) is 11.8. The largest absolute Gasteiger partial charge is 0.353 e. The number of rotatable bonds is 2. The molecule has 102 valence electrons. The van der Waals surface area contributed by atoms with Crippen molar-refractivity contribution in [1.29, 1.82) is 0 Å². The summed E-state index contributed by atoms with van der Waals surface area (Å²) in [6, 6.07) is 8.14. The van der Waals surface area contributed by atoms with Gasteiger partial charge in [0.1, 0.15) is 0 Å². The van der Waals surface area contributed by atoms with E-state index in [0.717, 1.165) is 22.1 Å². The molecule has 3 aromatic rings. The molecule has 0 aliphatic rings. The standard InChI is InChI=1S/C16H17N3O/c1-9-5-4-6-12-13-7-8-17-15(10(2)18-11(3)20)16(13)19-14(9)12/h4-8,10,19H,1-3H3,(H,18,20). The first kappa shape index (κ1) is 12.7. The fourth-order valence-electron chi connectivity index (χ4n) is 2.72. The van der Waals surface area contributed by atoms with E-state index < -0.39 is 0 Å². The highest BCUT2D eigenvalue weighted by molar-refractivity contribution is 6.08. The van der Waals surface area contributed by atoms with Crippen molar-refractivity contribution in [2.75, 3.05) is 0 Å². The molecule has 1 aromatic carbocycles. The lowest BCUT2D eigenvalue weighted by molar-refractivity contribution is -0.119. The molecular weight excluding hydrogens is 250 g/mol. The summed E-state index contributed by atoms with van der Waals surface area (Å²) in [5.41, 5.74) is 4.20. The van der Waals surface area contributed by atoms with E-state index in [1.807, 2.05) is 13.0 Å². The van der Waals surface area contributed by atoms with Gasteiger partial charge >= 0.3 is 0 Å². The zero-order valence-corrected chi connectivity index (χ0v) is 11.8. The molecule has 20 heavy (non-hydrogen) atoms. The van der Waals surface area contributed by atoms with Crippen LogP contribution in [-0.4, -0.2) is 15.9 Å². The summed E-state index contributed by atoms with van der Waals surface area (Å²) in [7, 11) is 0. The minimum atomic E-state index is -0.121. The molecule has 2 heterocycles. The van der Waals surface area contributed by atoms with Crippen molar-refractivity contribution in [2.45, 2.75) is 26.8 Å². The van der Waals surface area contributed by atoms with E-state index in [2.05, 4.69) is 40.4 Å².